The van der Waals surface area contributed by atoms with Crippen LogP contribution in [0.1, 0.15) is 17.0 Å². The van der Waals surface area contributed by atoms with E-state index in [-0.39, 0.29) is 11.8 Å². The van der Waals surface area contributed by atoms with Gasteiger partial charge in [-0.1, -0.05) is 72.8 Å². The number of carbonyl (C=O) groups is 1. The highest BCUT2D eigenvalue weighted by Gasteiger charge is 2.31. The zero-order chi connectivity index (χ0) is 14.9. The predicted molar refractivity (Wildman–Crippen MR) is 88.8 cm³/mol. The number of carbonyl (C=O) groups excluding carboxylic acids is 1. The molecule has 1 heterocycles. The molecule has 2 nitrogen and oxygen atoms in total. The zero-order valence-electron chi connectivity index (χ0n) is 12.0. The Labute approximate surface area is 129 Å². The summed E-state index contributed by atoms with van der Waals surface area (Å²) in [5.41, 5.74) is 5.35. The van der Waals surface area contributed by atoms with Crippen molar-refractivity contribution in [3.8, 4) is 11.1 Å². The van der Waals surface area contributed by atoms with Crippen LogP contribution in [-0.2, 0) is 4.79 Å². The number of benzene rings is 3. The molecule has 3 aromatic rings. The van der Waals surface area contributed by atoms with Gasteiger partial charge in [0.1, 0.15) is 0 Å². The second kappa shape index (κ2) is 5.15. The molecule has 4 rings (SSSR count). The van der Waals surface area contributed by atoms with Crippen LogP contribution in [0.2, 0.25) is 0 Å². The minimum Gasteiger partial charge on any atom is -0.325 e. The molecule has 106 valence electrons. The van der Waals surface area contributed by atoms with E-state index in [0.717, 1.165) is 22.4 Å². The summed E-state index contributed by atoms with van der Waals surface area (Å²) in [6.07, 6.45) is 0. The van der Waals surface area contributed by atoms with Gasteiger partial charge < -0.3 is 5.32 Å². The van der Waals surface area contributed by atoms with Crippen LogP contribution in [0.3, 0.4) is 0 Å². The van der Waals surface area contributed by atoms with Gasteiger partial charge >= 0.3 is 0 Å². The van der Waals surface area contributed by atoms with Crippen LogP contribution in [0, 0.1) is 0 Å². The maximum Gasteiger partial charge on any atom is 0.236 e. The van der Waals surface area contributed by atoms with Crippen molar-refractivity contribution >= 4 is 11.6 Å². The number of nitrogens with one attached hydrogen (secondary N) is 1. The molecule has 3 aromatic carbocycles. The quantitative estimate of drug-likeness (QED) is 0.741. The predicted octanol–water partition coefficient (Wildman–Crippen LogP) is 4.44. The normalized spacial score (nSPS) is 16.2. The molecule has 0 spiro atoms. The van der Waals surface area contributed by atoms with E-state index in [0.29, 0.717) is 0 Å². The molecule has 0 bridgehead atoms. The molecular formula is C20H15NO. The largest absolute Gasteiger partial charge is 0.325 e. The van der Waals surface area contributed by atoms with E-state index in [2.05, 4.69) is 41.7 Å². The van der Waals surface area contributed by atoms with Crippen molar-refractivity contribution < 1.29 is 4.79 Å². The SMILES string of the molecule is O=C1Nc2ccccc2C1c1ccc(-c2ccccc2)cc1. The maximum atomic E-state index is 12.3. The summed E-state index contributed by atoms with van der Waals surface area (Å²) in [7, 11) is 0. The molecule has 0 saturated heterocycles. The molecule has 0 fully saturated rings. The Morgan fingerprint density at radius 2 is 1.32 bits per heavy atom. The van der Waals surface area contributed by atoms with Gasteiger partial charge in [-0.3, -0.25) is 4.79 Å². The highest BCUT2D eigenvalue weighted by atomic mass is 16.2. The first-order valence-electron chi connectivity index (χ1n) is 7.38. The number of hydrogen-bond donors (Lipinski definition) is 1. The summed E-state index contributed by atoms with van der Waals surface area (Å²) in [6, 6.07) is 26.4. The number of rotatable bonds is 2. The van der Waals surface area contributed by atoms with Gasteiger partial charge in [-0.05, 0) is 28.3 Å². The molecule has 1 amide bonds. The van der Waals surface area contributed by atoms with Crippen molar-refractivity contribution in [2.45, 2.75) is 5.92 Å². The van der Waals surface area contributed by atoms with Gasteiger partial charge in [0.15, 0.2) is 0 Å². The minimum absolute atomic E-state index is 0.0497. The number of amides is 1. The zero-order valence-corrected chi connectivity index (χ0v) is 12.0. The highest BCUT2D eigenvalue weighted by molar-refractivity contribution is 6.05. The molecule has 0 aliphatic carbocycles. The lowest BCUT2D eigenvalue weighted by molar-refractivity contribution is -0.116. The Morgan fingerprint density at radius 3 is 2.09 bits per heavy atom. The first kappa shape index (κ1) is 12.8. The summed E-state index contributed by atoms with van der Waals surface area (Å²) >= 11 is 0. The Balaban J connectivity index is 1.71. The van der Waals surface area contributed by atoms with Crippen LogP contribution < -0.4 is 5.32 Å². The third kappa shape index (κ3) is 2.09. The summed E-state index contributed by atoms with van der Waals surface area (Å²) in [5.74, 6) is -0.158. The number of fused-ring (bicyclic) bond motifs is 1. The van der Waals surface area contributed by atoms with Crippen LogP contribution in [0.4, 0.5) is 5.69 Å². The smallest absolute Gasteiger partial charge is 0.236 e. The van der Waals surface area contributed by atoms with Gasteiger partial charge in [-0.2, -0.15) is 0 Å². The van der Waals surface area contributed by atoms with Gasteiger partial charge in [0.05, 0.1) is 5.92 Å². The summed E-state index contributed by atoms with van der Waals surface area (Å²) in [5, 5.41) is 2.95. The Morgan fingerprint density at radius 1 is 0.682 bits per heavy atom. The van der Waals surface area contributed by atoms with Gasteiger partial charge in [-0.25, -0.2) is 0 Å². The van der Waals surface area contributed by atoms with E-state index >= 15 is 0 Å². The third-order valence-electron chi connectivity index (χ3n) is 4.14. The van der Waals surface area contributed by atoms with E-state index in [1.165, 1.54) is 5.56 Å². The van der Waals surface area contributed by atoms with Crippen molar-refractivity contribution in [1.29, 1.82) is 0 Å². The molecule has 0 aromatic heterocycles. The van der Waals surface area contributed by atoms with E-state index in [4.69, 9.17) is 0 Å². The first-order chi connectivity index (χ1) is 10.8. The van der Waals surface area contributed by atoms with Crippen LogP contribution in [-0.4, -0.2) is 5.91 Å². The fourth-order valence-corrected chi connectivity index (χ4v) is 3.04. The van der Waals surface area contributed by atoms with Crippen molar-refractivity contribution in [2.75, 3.05) is 5.32 Å². The van der Waals surface area contributed by atoms with Gasteiger partial charge in [-0.15, -0.1) is 0 Å². The second-order valence-electron chi connectivity index (χ2n) is 5.50. The van der Waals surface area contributed by atoms with Gasteiger partial charge in [0.2, 0.25) is 5.91 Å². The standard InChI is InChI=1S/C20H15NO/c22-20-19(17-8-4-5-9-18(17)21-20)16-12-10-15(11-13-16)14-6-2-1-3-7-14/h1-13,19H,(H,21,22). The van der Waals surface area contributed by atoms with E-state index in [1.807, 2.05) is 42.5 Å². The summed E-state index contributed by atoms with van der Waals surface area (Å²) < 4.78 is 0. The molecular weight excluding hydrogens is 270 g/mol. The van der Waals surface area contributed by atoms with E-state index < -0.39 is 0 Å². The lowest BCUT2D eigenvalue weighted by Gasteiger charge is -2.10. The Hall–Kier alpha value is -2.87. The topological polar surface area (TPSA) is 29.1 Å². The average Bonchev–Trinajstić information content (AvgIpc) is 2.91. The molecule has 22 heavy (non-hydrogen) atoms. The lowest BCUT2D eigenvalue weighted by Crippen LogP contribution is -2.13. The molecule has 0 radical (unpaired) electrons. The van der Waals surface area contributed by atoms with Crippen LogP contribution in [0.15, 0.2) is 78.9 Å². The first-order valence-corrected chi connectivity index (χ1v) is 7.38. The Bertz CT molecular complexity index is 822. The maximum absolute atomic E-state index is 12.3. The monoisotopic (exact) mass is 285 g/mol. The molecule has 0 saturated carbocycles. The van der Waals surface area contributed by atoms with Crippen molar-refractivity contribution in [3.05, 3.63) is 90.0 Å². The number of hydrogen-bond acceptors (Lipinski definition) is 1. The molecule has 1 aliphatic rings. The molecule has 2 heteroatoms. The van der Waals surface area contributed by atoms with Crippen LogP contribution in [0.25, 0.3) is 11.1 Å². The lowest BCUT2D eigenvalue weighted by atomic mass is 9.91. The summed E-state index contributed by atoms with van der Waals surface area (Å²) in [6.45, 7) is 0. The van der Waals surface area contributed by atoms with Crippen molar-refractivity contribution in [1.82, 2.24) is 0 Å². The molecule has 1 aliphatic heterocycles. The van der Waals surface area contributed by atoms with Crippen molar-refractivity contribution in [2.24, 2.45) is 0 Å². The van der Waals surface area contributed by atoms with Crippen molar-refractivity contribution in [3.63, 3.8) is 0 Å². The summed E-state index contributed by atoms with van der Waals surface area (Å²) in [4.78, 5) is 12.3. The van der Waals surface area contributed by atoms with Gasteiger partial charge in [0.25, 0.3) is 0 Å². The average molecular weight is 285 g/mol. The fourth-order valence-electron chi connectivity index (χ4n) is 3.04. The second-order valence-corrected chi connectivity index (χ2v) is 5.50. The number of para-hydroxylation sites is 1. The highest BCUT2D eigenvalue weighted by Crippen LogP contribution is 2.37. The fraction of sp³-hybridized carbons (Fsp3) is 0.0500. The van der Waals surface area contributed by atoms with Crippen LogP contribution >= 0.6 is 0 Å². The van der Waals surface area contributed by atoms with Crippen LogP contribution in [0.5, 0.6) is 0 Å². The molecule has 1 N–H and O–H groups in total. The molecule has 1 atom stereocenters. The third-order valence-corrected chi connectivity index (χ3v) is 4.14. The molecule has 1 unspecified atom stereocenters. The van der Waals surface area contributed by atoms with E-state index in [9.17, 15) is 4.79 Å². The minimum atomic E-state index is -0.207. The number of anilines is 1. The Kier molecular flexibility index (Phi) is 3.01. The van der Waals surface area contributed by atoms with Gasteiger partial charge in [0, 0.05) is 5.69 Å². The van der Waals surface area contributed by atoms with E-state index in [1.54, 1.807) is 0 Å².